The van der Waals surface area contributed by atoms with Gasteiger partial charge in [0.2, 0.25) is 0 Å². The van der Waals surface area contributed by atoms with Crippen LogP contribution in [0.5, 0.6) is 0 Å². The Balaban J connectivity index is 1.58. The lowest BCUT2D eigenvalue weighted by Gasteiger charge is -2.65. The van der Waals surface area contributed by atoms with Crippen LogP contribution in [0.1, 0.15) is 105 Å². The molecule has 0 heterocycles. The zero-order valence-electron chi connectivity index (χ0n) is 21.1. The molecule has 0 aromatic carbocycles. The number of rotatable bonds is 7. The minimum atomic E-state index is -1.03. The van der Waals surface area contributed by atoms with E-state index >= 15 is 0 Å². The largest absolute Gasteiger partial charge is 0.393 e. The summed E-state index contributed by atoms with van der Waals surface area (Å²) in [6, 6.07) is 0. The van der Waals surface area contributed by atoms with Gasteiger partial charge in [0.25, 0.3) is 0 Å². The fourth-order valence-electron chi connectivity index (χ4n) is 9.56. The molecule has 5 heteroatoms. The van der Waals surface area contributed by atoms with Gasteiger partial charge in [-0.1, -0.05) is 53.9 Å². The summed E-state index contributed by atoms with van der Waals surface area (Å²) in [5, 5.41) is 30.5. The lowest BCUT2D eigenvalue weighted by molar-refractivity contribution is -0.446. The van der Waals surface area contributed by atoms with Crippen LogP contribution < -0.4 is 0 Å². The average molecular weight is 453 g/mol. The maximum Gasteiger partial charge on any atom is 0.140 e. The number of fused-ring (bicyclic) bond motifs is 5. The van der Waals surface area contributed by atoms with Crippen molar-refractivity contribution in [2.45, 2.75) is 123 Å². The summed E-state index contributed by atoms with van der Waals surface area (Å²) in [4.78, 5) is 10.3. The molecule has 3 N–H and O–H groups in total. The van der Waals surface area contributed by atoms with Crippen molar-refractivity contribution in [1.29, 1.82) is 0 Å². The van der Waals surface area contributed by atoms with Gasteiger partial charge in [-0.2, -0.15) is 0 Å². The third-order valence-electron chi connectivity index (χ3n) is 11.3. The van der Waals surface area contributed by atoms with Crippen LogP contribution in [0.2, 0.25) is 0 Å². The molecule has 0 amide bonds. The third-order valence-corrected chi connectivity index (χ3v) is 11.3. The maximum atomic E-state index is 10.4. The molecule has 186 valence electrons. The smallest absolute Gasteiger partial charge is 0.140 e. The number of hydrogen-bond donors (Lipinski definition) is 3. The molecule has 0 aliphatic heterocycles. The van der Waals surface area contributed by atoms with Crippen LogP contribution >= 0.6 is 0 Å². The number of aliphatic hydroxyl groups excluding tert-OH is 1. The van der Waals surface area contributed by atoms with E-state index < -0.39 is 17.8 Å². The van der Waals surface area contributed by atoms with Crippen molar-refractivity contribution in [3.05, 3.63) is 0 Å². The van der Waals surface area contributed by atoms with Crippen molar-refractivity contribution in [2.75, 3.05) is 0 Å². The van der Waals surface area contributed by atoms with E-state index in [4.69, 9.17) is 9.78 Å². The number of aliphatic hydroxyl groups is 1. The van der Waals surface area contributed by atoms with Crippen molar-refractivity contribution < 1.29 is 25.4 Å². The minimum Gasteiger partial charge on any atom is -0.393 e. The maximum absolute atomic E-state index is 10.4. The predicted octanol–water partition coefficient (Wildman–Crippen LogP) is 6.55. The van der Waals surface area contributed by atoms with Crippen LogP contribution in [0, 0.1) is 46.3 Å². The molecule has 4 aliphatic carbocycles. The average Bonchev–Trinajstić information content (AvgIpc) is 3.10. The van der Waals surface area contributed by atoms with Crippen molar-refractivity contribution in [2.24, 2.45) is 46.3 Å². The molecule has 4 aliphatic rings. The fourth-order valence-corrected chi connectivity index (χ4v) is 9.56. The van der Waals surface area contributed by atoms with E-state index in [-0.39, 0.29) is 5.41 Å². The highest BCUT2D eigenvalue weighted by Gasteiger charge is 2.70. The summed E-state index contributed by atoms with van der Waals surface area (Å²) in [6.45, 7) is 11.9. The van der Waals surface area contributed by atoms with Gasteiger partial charge in [0.05, 0.1) is 6.10 Å². The van der Waals surface area contributed by atoms with Gasteiger partial charge in [0, 0.05) is 11.8 Å². The Morgan fingerprint density at radius 3 is 2.34 bits per heavy atom. The lowest BCUT2D eigenvalue weighted by atomic mass is 9.42. The van der Waals surface area contributed by atoms with Crippen molar-refractivity contribution >= 4 is 0 Å². The summed E-state index contributed by atoms with van der Waals surface area (Å²) < 4.78 is 0. The summed E-state index contributed by atoms with van der Waals surface area (Å²) in [7, 11) is 0. The van der Waals surface area contributed by atoms with Crippen LogP contribution in [0.4, 0.5) is 0 Å². The molecule has 0 radical (unpaired) electrons. The molecular weight excluding hydrogens is 404 g/mol. The molecule has 0 aromatic heterocycles. The molecule has 0 bridgehead atoms. The van der Waals surface area contributed by atoms with Gasteiger partial charge in [-0.15, -0.1) is 0 Å². The molecule has 0 saturated heterocycles. The van der Waals surface area contributed by atoms with Gasteiger partial charge in [-0.3, -0.25) is 10.5 Å². The Morgan fingerprint density at radius 1 is 0.938 bits per heavy atom. The Labute approximate surface area is 195 Å². The fraction of sp³-hybridized carbons (Fsp3) is 1.00. The minimum absolute atomic E-state index is 0.306. The highest BCUT2D eigenvalue weighted by molar-refractivity contribution is 5.17. The Bertz CT molecular complexity index is 654. The second kappa shape index (κ2) is 9.11. The summed E-state index contributed by atoms with van der Waals surface area (Å²) in [6.07, 6.45) is 10.4. The van der Waals surface area contributed by atoms with Crippen LogP contribution in [-0.2, 0) is 9.78 Å². The molecule has 4 fully saturated rings. The van der Waals surface area contributed by atoms with E-state index in [1.54, 1.807) is 0 Å². The van der Waals surface area contributed by atoms with Gasteiger partial charge in [0.15, 0.2) is 0 Å². The van der Waals surface area contributed by atoms with Gasteiger partial charge in [-0.05, 0) is 85.9 Å². The van der Waals surface area contributed by atoms with Gasteiger partial charge in [0.1, 0.15) is 11.7 Å². The lowest BCUT2D eigenvalue weighted by Crippen LogP contribution is -2.69. The SMILES string of the molecule is CC(C)CCC[C@@H](C)[C@H]1CC[C@H]2[C@@H]3CC(OO)C4(OO)CC(O)CC[C@]4(C)[C@H]3CC[C@]12C. The molecule has 5 nitrogen and oxygen atoms in total. The second-order valence-corrected chi connectivity index (χ2v) is 13.0. The first-order chi connectivity index (χ1) is 15.1. The first-order valence-electron chi connectivity index (χ1n) is 13.4. The van der Waals surface area contributed by atoms with Crippen molar-refractivity contribution in [1.82, 2.24) is 0 Å². The van der Waals surface area contributed by atoms with Crippen LogP contribution in [0.25, 0.3) is 0 Å². The van der Waals surface area contributed by atoms with E-state index in [1.165, 1.54) is 38.5 Å². The molecule has 10 atom stereocenters. The number of hydrogen-bond acceptors (Lipinski definition) is 5. The zero-order valence-corrected chi connectivity index (χ0v) is 21.1. The third kappa shape index (κ3) is 3.69. The monoisotopic (exact) mass is 452 g/mol. The summed E-state index contributed by atoms with van der Waals surface area (Å²) in [5.74, 6) is 3.86. The van der Waals surface area contributed by atoms with Gasteiger partial charge in [-0.25, -0.2) is 9.78 Å². The molecular formula is C27H48O5. The standard InChI is InChI=1S/C27H48O5/c1-17(2)7-6-8-18(3)21-9-10-22-20-15-24(31-29)27(32-30)16-19(28)11-14-26(27,5)23(20)12-13-25(21,22)4/h17-24,28-30H,6-16H2,1-5H3/t18-,19?,20+,21-,22+,23+,24?,25-,26-,27?/m1/s1. The van der Waals surface area contributed by atoms with Crippen molar-refractivity contribution in [3.63, 3.8) is 0 Å². The second-order valence-electron chi connectivity index (χ2n) is 13.0. The summed E-state index contributed by atoms with van der Waals surface area (Å²) in [5.41, 5.74) is -0.987. The van der Waals surface area contributed by atoms with E-state index in [1.807, 2.05) is 0 Å². The van der Waals surface area contributed by atoms with Crippen LogP contribution in [0.15, 0.2) is 0 Å². The Kier molecular flexibility index (Phi) is 7.09. The van der Waals surface area contributed by atoms with Gasteiger partial charge < -0.3 is 5.11 Å². The van der Waals surface area contributed by atoms with Crippen LogP contribution in [0.3, 0.4) is 0 Å². The summed E-state index contributed by atoms with van der Waals surface area (Å²) >= 11 is 0. The molecule has 0 spiro atoms. The molecule has 3 unspecified atom stereocenters. The molecule has 4 rings (SSSR count). The highest BCUT2D eigenvalue weighted by atomic mass is 17.1. The Hall–Kier alpha value is -0.200. The van der Waals surface area contributed by atoms with Gasteiger partial charge >= 0.3 is 0 Å². The normalized spacial score (nSPS) is 49.4. The topological polar surface area (TPSA) is 79.2 Å². The first kappa shape index (κ1) is 24.9. The molecule has 32 heavy (non-hydrogen) atoms. The predicted molar refractivity (Wildman–Crippen MR) is 125 cm³/mol. The van der Waals surface area contributed by atoms with Crippen molar-refractivity contribution in [3.8, 4) is 0 Å². The molecule has 0 aromatic rings. The molecule has 4 saturated carbocycles. The van der Waals surface area contributed by atoms with E-state index in [0.29, 0.717) is 36.0 Å². The van der Waals surface area contributed by atoms with E-state index in [9.17, 15) is 15.6 Å². The quantitative estimate of drug-likeness (QED) is 0.301. The Morgan fingerprint density at radius 2 is 1.69 bits per heavy atom. The van der Waals surface area contributed by atoms with E-state index in [2.05, 4.69) is 34.6 Å². The zero-order chi connectivity index (χ0) is 23.3. The van der Waals surface area contributed by atoms with Crippen LogP contribution in [-0.4, -0.2) is 33.4 Å². The highest BCUT2D eigenvalue weighted by Crippen LogP contribution is 2.70. The van der Waals surface area contributed by atoms with E-state index in [0.717, 1.165) is 37.0 Å². The first-order valence-corrected chi connectivity index (χ1v) is 13.4.